The second-order valence-corrected chi connectivity index (χ2v) is 5.92. The monoisotopic (exact) mass is 299 g/mol. The zero-order valence-corrected chi connectivity index (χ0v) is 11.8. The number of fused-ring (bicyclic) bond motifs is 1. The van der Waals surface area contributed by atoms with Gasteiger partial charge in [-0.3, -0.25) is 9.79 Å². The predicted octanol–water partition coefficient (Wildman–Crippen LogP) is -0.386. The fourth-order valence-electron chi connectivity index (χ4n) is 2.66. The summed E-state index contributed by atoms with van der Waals surface area (Å²) in [5, 5.41) is 18.9. The molecule has 110 valence electrons. The Hall–Kier alpha value is -1.54. The molecule has 20 heavy (non-hydrogen) atoms. The number of β-lactam (4-membered cyclic amide) rings is 1. The molecule has 2 unspecified atom stereocenters. The first-order valence-corrected chi connectivity index (χ1v) is 7.28. The fourth-order valence-corrected chi connectivity index (χ4v) is 3.71. The first-order valence-electron chi connectivity index (χ1n) is 6.29. The summed E-state index contributed by atoms with van der Waals surface area (Å²) in [6, 6.07) is -0.228. The molecule has 1 saturated heterocycles. The molecule has 4 N–H and O–H groups in total. The molecule has 0 radical (unpaired) electrons. The SMILES string of the molecule is CC(O)C1C(=O)N2C(C(=O)O)=C(SCCN=CN)C[C@@H]12. The molecule has 0 aromatic heterocycles. The molecule has 2 aliphatic rings. The number of nitrogens with zero attached hydrogens (tertiary/aromatic N) is 2. The van der Waals surface area contributed by atoms with Crippen molar-refractivity contribution in [1.82, 2.24) is 4.90 Å². The van der Waals surface area contributed by atoms with Crippen molar-refractivity contribution in [2.75, 3.05) is 12.3 Å². The summed E-state index contributed by atoms with van der Waals surface area (Å²) in [7, 11) is 0. The van der Waals surface area contributed by atoms with Crippen molar-refractivity contribution in [3.63, 3.8) is 0 Å². The number of aliphatic carboxylic acids is 1. The second-order valence-electron chi connectivity index (χ2n) is 4.73. The van der Waals surface area contributed by atoms with Crippen molar-refractivity contribution < 1.29 is 19.8 Å². The van der Waals surface area contributed by atoms with E-state index in [9.17, 15) is 19.8 Å². The molecule has 0 aliphatic carbocycles. The van der Waals surface area contributed by atoms with Gasteiger partial charge in [-0.25, -0.2) is 4.79 Å². The molecule has 1 amide bonds. The quantitative estimate of drug-likeness (QED) is 0.266. The Morgan fingerprint density at radius 2 is 2.40 bits per heavy atom. The molecule has 7 nitrogen and oxygen atoms in total. The lowest BCUT2D eigenvalue weighted by Gasteiger charge is -2.44. The Morgan fingerprint density at radius 1 is 1.70 bits per heavy atom. The third-order valence-electron chi connectivity index (χ3n) is 3.49. The van der Waals surface area contributed by atoms with Gasteiger partial charge in [-0.15, -0.1) is 11.8 Å². The van der Waals surface area contributed by atoms with Crippen LogP contribution in [0.4, 0.5) is 0 Å². The van der Waals surface area contributed by atoms with Crippen LogP contribution in [0, 0.1) is 5.92 Å². The normalized spacial score (nSPS) is 26.9. The summed E-state index contributed by atoms with van der Waals surface area (Å²) in [6.07, 6.45) is 0.937. The summed E-state index contributed by atoms with van der Waals surface area (Å²) in [5.41, 5.74) is 5.19. The molecule has 0 bridgehead atoms. The van der Waals surface area contributed by atoms with Gasteiger partial charge in [-0.2, -0.15) is 0 Å². The Balaban J connectivity index is 2.11. The van der Waals surface area contributed by atoms with Crippen LogP contribution in [0.3, 0.4) is 0 Å². The number of rotatable bonds is 6. The number of thioether (sulfide) groups is 1. The summed E-state index contributed by atoms with van der Waals surface area (Å²) in [4.78, 5) is 29.1. The highest BCUT2D eigenvalue weighted by atomic mass is 32.2. The van der Waals surface area contributed by atoms with Crippen molar-refractivity contribution in [1.29, 1.82) is 0 Å². The van der Waals surface area contributed by atoms with Gasteiger partial charge < -0.3 is 20.8 Å². The average molecular weight is 299 g/mol. The van der Waals surface area contributed by atoms with Gasteiger partial charge in [0.2, 0.25) is 5.91 Å². The summed E-state index contributed by atoms with van der Waals surface area (Å²) in [5.74, 6) is -1.30. The van der Waals surface area contributed by atoms with Gasteiger partial charge >= 0.3 is 5.97 Å². The van der Waals surface area contributed by atoms with E-state index in [0.717, 1.165) is 0 Å². The molecule has 0 spiro atoms. The number of hydrogen-bond donors (Lipinski definition) is 3. The van der Waals surface area contributed by atoms with Gasteiger partial charge in [0.15, 0.2) is 0 Å². The van der Waals surface area contributed by atoms with Crippen LogP contribution < -0.4 is 5.73 Å². The maximum atomic E-state index is 11.9. The number of carboxylic acid groups (broad SMARTS) is 1. The van der Waals surface area contributed by atoms with Crippen LogP contribution in [0.1, 0.15) is 13.3 Å². The molecule has 0 aromatic carbocycles. The summed E-state index contributed by atoms with van der Waals surface area (Å²) >= 11 is 1.38. The van der Waals surface area contributed by atoms with E-state index in [1.807, 2.05) is 0 Å². The van der Waals surface area contributed by atoms with E-state index in [0.29, 0.717) is 23.6 Å². The fraction of sp³-hybridized carbons (Fsp3) is 0.583. The van der Waals surface area contributed by atoms with E-state index in [1.54, 1.807) is 6.92 Å². The highest BCUT2D eigenvalue weighted by Gasteiger charge is 2.56. The molecule has 0 saturated carbocycles. The highest BCUT2D eigenvalue weighted by Crippen LogP contribution is 2.46. The Labute approximate surface area is 120 Å². The van der Waals surface area contributed by atoms with Crippen LogP contribution in [-0.2, 0) is 9.59 Å². The maximum absolute atomic E-state index is 11.9. The van der Waals surface area contributed by atoms with Crippen molar-refractivity contribution in [3.8, 4) is 0 Å². The van der Waals surface area contributed by atoms with Crippen molar-refractivity contribution in [3.05, 3.63) is 10.6 Å². The molecule has 3 atom stereocenters. The third-order valence-corrected chi connectivity index (χ3v) is 4.59. The van der Waals surface area contributed by atoms with Crippen molar-refractivity contribution in [2.24, 2.45) is 16.6 Å². The highest BCUT2D eigenvalue weighted by molar-refractivity contribution is 8.03. The standard InChI is InChI=1S/C12H17N3O4S/c1-6(16)9-7-4-8(20-3-2-14-5-13)10(12(18)19)15(7)11(9)17/h5-7,9,16H,2-4H2,1H3,(H2,13,14)(H,18,19)/t6?,7-,9?/m0/s1. The number of carbonyl (C=O) groups excluding carboxylic acids is 1. The average Bonchev–Trinajstić information content (AvgIpc) is 2.69. The minimum Gasteiger partial charge on any atom is -0.477 e. The first kappa shape index (κ1) is 14.9. The molecule has 8 heteroatoms. The second kappa shape index (κ2) is 5.84. The number of aliphatic hydroxyl groups excluding tert-OH is 1. The van der Waals surface area contributed by atoms with Crippen LogP contribution in [-0.4, -0.2) is 57.8 Å². The van der Waals surface area contributed by atoms with Gasteiger partial charge in [0.25, 0.3) is 0 Å². The van der Waals surface area contributed by atoms with Crippen LogP contribution in [0.25, 0.3) is 0 Å². The smallest absolute Gasteiger partial charge is 0.353 e. The van der Waals surface area contributed by atoms with E-state index < -0.39 is 18.0 Å². The Bertz CT molecular complexity index is 489. The Kier molecular flexibility index (Phi) is 4.34. The molecule has 2 rings (SSSR count). The van der Waals surface area contributed by atoms with E-state index in [2.05, 4.69) is 4.99 Å². The topological polar surface area (TPSA) is 116 Å². The van der Waals surface area contributed by atoms with E-state index in [4.69, 9.17) is 5.73 Å². The van der Waals surface area contributed by atoms with Crippen LogP contribution >= 0.6 is 11.8 Å². The summed E-state index contributed by atoms with van der Waals surface area (Å²) in [6.45, 7) is 2.05. The molecular weight excluding hydrogens is 282 g/mol. The zero-order chi connectivity index (χ0) is 14.9. The molecule has 2 heterocycles. The van der Waals surface area contributed by atoms with E-state index in [1.165, 1.54) is 23.0 Å². The predicted molar refractivity (Wildman–Crippen MR) is 75.1 cm³/mol. The number of carbonyl (C=O) groups is 2. The lowest BCUT2D eigenvalue weighted by molar-refractivity contribution is -0.161. The lowest BCUT2D eigenvalue weighted by Crippen LogP contribution is -2.61. The van der Waals surface area contributed by atoms with Crippen molar-refractivity contribution in [2.45, 2.75) is 25.5 Å². The van der Waals surface area contributed by atoms with Crippen LogP contribution in [0.15, 0.2) is 15.6 Å². The summed E-state index contributed by atoms with van der Waals surface area (Å²) < 4.78 is 0. The zero-order valence-electron chi connectivity index (χ0n) is 11.0. The lowest BCUT2D eigenvalue weighted by atomic mass is 9.83. The van der Waals surface area contributed by atoms with E-state index >= 15 is 0 Å². The number of aliphatic imine (C=N–C) groups is 1. The van der Waals surface area contributed by atoms with Gasteiger partial charge in [-0.1, -0.05) is 0 Å². The van der Waals surface area contributed by atoms with Crippen molar-refractivity contribution >= 4 is 30.0 Å². The van der Waals surface area contributed by atoms with E-state index in [-0.39, 0.29) is 17.6 Å². The number of hydrogen-bond acceptors (Lipinski definition) is 5. The van der Waals surface area contributed by atoms with Gasteiger partial charge in [-0.05, 0) is 6.92 Å². The largest absolute Gasteiger partial charge is 0.477 e. The minimum absolute atomic E-state index is 0.0543. The number of nitrogens with two attached hydrogens (primary N) is 1. The van der Waals surface area contributed by atoms with Gasteiger partial charge in [0, 0.05) is 17.1 Å². The van der Waals surface area contributed by atoms with Gasteiger partial charge in [0.05, 0.1) is 30.9 Å². The minimum atomic E-state index is -1.10. The third kappa shape index (κ3) is 2.40. The molecule has 0 aromatic rings. The van der Waals surface area contributed by atoms with Gasteiger partial charge in [0.1, 0.15) is 5.70 Å². The maximum Gasteiger partial charge on any atom is 0.353 e. The number of carboxylic acids is 1. The first-order chi connectivity index (χ1) is 9.49. The molecule has 1 fully saturated rings. The number of amides is 1. The van der Waals surface area contributed by atoms with Crippen LogP contribution in [0.5, 0.6) is 0 Å². The Morgan fingerprint density at radius 3 is 2.95 bits per heavy atom. The molecular formula is C12H17N3O4S. The number of aliphatic hydroxyl groups is 1. The molecule has 2 aliphatic heterocycles. The van der Waals surface area contributed by atoms with Crippen LogP contribution in [0.2, 0.25) is 0 Å².